The van der Waals surface area contributed by atoms with Gasteiger partial charge in [0.05, 0.1) is 25.5 Å². The number of carbonyl (C=O) groups excluding carboxylic acids is 2. The third-order valence-electron chi connectivity index (χ3n) is 4.65. The van der Waals surface area contributed by atoms with E-state index in [-0.39, 0.29) is 17.0 Å². The topological polar surface area (TPSA) is 67.9 Å². The lowest BCUT2D eigenvalue weighted by atomic mass is 10.1. The standard InChI is InChI=1S/C22H16F2N2O4S/c1-29-16-8-6-13(11-17(16)30-2)25-20-19(18-4-3-9-31-18)21(27)26(22(20)28)15-7-5-12(23)10-14(15)24/h3-11,25H,1-2H3. The lowest BCUT2D eigenvalue weighted by Gasteiger charge is -2.16. The number of imide groups is 1. The molecule has 0 radical (unpaired) electrons. The number of thiophene rings is 1. The van der Waals surface area contributed by atoms with Gasteiger partial charge in [0.15, 0.2) is 11.5 Å². The Morgan fingerprint density at radius 1 is 0.935 bits per heavy atom. The van der Waals surface area contributed by atoms with Crippen molar-refractivity contribution in [3.8, 4) is 11.5 Å². The Hall–Kier alpha value is -3.72. The fraction of sp³-hybridized carbons (Fsp3) is 0.0909. The molecule has 0 aliphatic carbocycles. The number of ether oxygens (including phenoxy) is 2. The third-order valence-corrected chi connectivity index (χ3v) is 5.54. The monoisotopic (exact) mass is 442 g/mol. The van der Waals surface area contributed by atoms with Crippen LogP contribution in [0.15, 0.2) is 59.6 Å². The zero-order chi connectivity index (χ0) is 22.1. The number of anilines is 2. The van der Waals surface area contributed by atoms with Crippen LogP contribution in [-0.2, 0) is 9.59 Å². The zero-order valence-corrected chi connectivity index (χ0v) is 17.3. The molecule has 9 heteroatoms. The summed E-state index contributed by atoms with van der Waals surface area (Å²) in [7, 11) is 2.97. The average Bonchev–Trinajstić information content (AvgIpc) is 3.36. The molecule has 0 atom stereocenters. The fourth-order valence-electron chi connectivity index (χ4n) is 3.23. The highest BCUT2D eigenvalue weighted by molar-refractivity contribution is 7.11. The molecule has 0 fully saturated rings. The highest BCUT2D eigenvalue weighted by Gasteiger charge is 2.41. The largest absolute Gasteiger partial charge is 0.493 e. The normalized spacial score (nSPS) is 13.7. The van der Waals surface area contributed by atoms with Crippen LogP contribution in [-0.4, -0.2) is 26.0 Å². The van der Waals surface area contributed by atoms with Gasteiger partial charge in [-0.1, -0.05) is 6.07 Å². The van der Waals surface area contributed by atoms with E-state index in [9.17, 15) is 18.4 Å². The number of halogens is 2. The van der Waals surface area contributed by atoms with Crippen molar-refractivity contribution in [2.45, 2.75) is 0 Å². The molecule has 0 unspecified atom stereocenters. The molecule has 1 N–H and O–H groups in total. The van der Waals surface area contributed by atoms with Gasteiger partial charge in [-0.3, -0.25) is 9.59 Å². The molecule has 3 aromatic rings. The van der Waals surface area contributed by atoms with Crippen LogP contribution in [0.5, 0.6) is 11.5 Å². The Morgan fingerprint density at radius 2 is 1.71 bits per heavy atom. The SMILES string of the molecule is COc1ccc(NC2=C(c3cccs3)C(=O)N(c3ccc(F)cc3F)C2=O)cc1OC. The summed E-state index contributed by atoms with van der Waals surface area (Å²) >= 11 is 1.26. The first-order valence-corrected chi connectivity index (χ1v) is 9.93. The predicted molar refractivity (Wildman–Crippen MR) is 113 cm³/mol. The van der Waals surface area contributed by atoms with Crippen LogP contribution in [0.3, 0.4) is 0 Å². The van der Waals surface area contributed by atoms with Gasteiger partial charge in [-0.2, -0.15) is 0 Å². The predicted octanol–water partition coefficient (Wildman–Crippen LogP) is 4.44. The van der Waals surface area contributed by atoms with Crippen molar-refractivity contribution in [2.75, 3.05) is 24.4 Å². The Morgan fingerprint density at radius 3 is 2.35 bits per heavy atom. The van der Waals surface area contributed by atoms with E-state index < -0.39 is 23.4 Å². The van der Waals surface area contributed by atoms with Crippen LogP contribution >= 0.6 is 11.3 Å². The number of methoxy groups -OCH3 is 2. The maximum atomic E-state index is 14.4. The maximum Gasteiger partial charge on any atom is 0.282 e. The Balaban J connectivity index is 1.79. The van der Waals surface area contributed by atoms with Crippen molar-refractivity contribution in [3.63, 3.8) is 0 Å². The number of rotatable bonds is 6. The summed E-state index contributed by atoms with van der Waals surface area (Å²) < 4.78 is 38.2. The molecule has 2 heterocycles. The quantitative estimate of drug-likeness (QED) is 0.572. The van der Waals surface area contributed by atoms with Gasteiger partial charge >= 0.3 is 0 Å². The minimum Gasteiger partial charge on any atom is -0.493 e. The molecule has 31 heavy (non-hydrogen) atoms. The van der Waals surface area contributed by atoms with Crippen LogP contribution in [0.2, 0.25) is 0 Å². The first kappa shape index (κ1) is 20.5. The van der Waals surface area contributed by atoms with Crippen molar-refractivity contribution in [2.24, 2.45) is 0 Å². The second kappa shape index (κ2) is 8.19. The molecule has 1 aliphatic heterocycles. The molecule has 158 valence electrons. The number of hydrogen-bond acceptors (Lipinski definition) is 6. The van der Waals surface area contributed by atoms with Crippen LogP contribution in [0.1, 0.15) is 4.88 Å². The first-order chi connectivity index (χ1) is 14.9. The van der Waals surface area contributed by atoms with Gasteiger partial charge in [0.25, 0.3) is 11.8 Å². The Kier molecular flexibility index (Phi) is 5.43. The first-order valence-electron chi connectivity index (χ1n) is 9.05. The van der Waals surface area contributed by atoms with Crippen molar-refractivity contribution in [3.05, 3.63) is 76.1 Å². The van der Waals surface area contributed by atoms with Gasteiger partial charge in [0.2, 0.25) is 0 Å². The summed E-state index contributed by atoms with van der Waals surface area (Å²) in [4.78, 5) is 27.6. The molecule has 0 spiro atoms. The van der Waals surface area contributed by atoms with Crippen molar-refractivity contribution >= 4 is 40.1 Å². The van der Waals surface area contributed by atoms with E-state index in [0.29, 0.717) is 33.0 Å². The van der Waals surface area contributed by atoms with E-state index in [4.69, 9.17) is 9.47 Å². The van der Waals surface area contributed by atoms with Gasteiger partial charge in [-0.05, 0) is 35.7 Å². The number of hydrogen-bond donors (Lipinski definition) is 1. The molecular weight excluding hydrogens is 426 g/mol. The molecule has 1 aromatic heterocycles. The molecular formula is C22H16F2N2O4S. The molecule has 2 aromatic carbocycles. The lowest BCUT2D eigenvalue weighted by Crippen LogP contribution is -2.33. The van der Waals surface area contributed by atoms with Gasteiger partial charge in [-0.25, -0.2) is 13.7 Å². The van der Waals surface area contributed by atoms with Crippen molar-refractivity contribution in [1.82, 2.24) is 0 Å². The van der Waals surface area contributed by atoms with Gasteiger partial charge in [-0.15, -0.1) is 11.3 Å². The minimum atomic E-state index is -1.01. The van der Waals surface area contributed by atoms with Gasteiger partial charge in [0.1, 0.15) is 17.3 Å². The number of carbonyl (C=O) groups is 2. The summed E-state index contributed by atoms with van der Waals surface area (Å²) in [5.41, 5.74) is 0.209. The number of nitrogens with one attached hydrogen (secondary N) is 1. The minimum absolute atomic E-state index is 0.0246. The smallest absolute Gasteiger partial charge is 0.282 e. The second-order valence-corrected chi connectivity index (χ2v) is 7.41. The Labute approximate surface area is 180 Å². The van der Waals surface area contributed by atoms with E-state index in [1.807, 2.05) is 0 Å². The summed E-state index contributed by atoms with van der Waals surface area (Å²) in [6, 6.07) is 11.0. The summed E-state index contributed by atoms with van der Waals surface area (Å²) in [6.45, 7) is 0. The van der Waals surface area contributed by atoms with Gasteiger partial charge < -0.3 is 14.8 Å². The average molecular weight is 442 g/mol. The molecule has 4 rings (SSSR count). The summed E-state index contributed by atoms with van der Waals surface area (Å²) in [5.74, 6) is -2.38. The molecule has 1 aliphatic rings. The van der Waals surface area contributed by atoms with E-state index in [1.165, 1.54) is 25.6 Å². The van der Waals surface area contributed by atoms with E-state index >= 15 is 0 Å². The highest BCUT2D eigenvalue weighted by atomic mass is 32.1. The molecule has 2 amide bonds. The third kappa shape index (κ3) is 3.64. The Bertz CT molecular complexity index is 1210. The van der Waals surface area contributed by atoms with E-state index in [0.717, 1.165) is 12.1 Å². The highest BCUT2D eigenvalue weighted by Crippen LogP contribution is 2.37. The van der Waals surface area contributed by atoms with Crippen LogP contribution < -0.4 is 19.7 Å². The fourth-order valence-corrected chi connectivity index (χ4v) is 4.00. The van der Waals surface area contributed by atoms with Crippen LogP contribution in [0.4, 0.5) is 20.2 Å². The summed E-state index contributed by atoms with van der Waals surface area (Å²) in [6.07, 6.45) is 0. The molecule has 0 saturated heterocycles. The number of benzene rings is 2. The summed E-state index contributed by atoms with van der Waals surface area (Å²) in [5, 5.41) is 4.72. The maximum absolute atomic E-state index is 14.4. The van der Waals surface area contributed by atoms with Gasteiger partial charge in [0, 0.05) is 22.7 Å². The van der Waals surface area contributed by atoms with Crippen LogP contribution in [0, 0.1) is 11.6 Å². The molecule has 0 saturated carbocycles. The molecule has 6 nitrogen and oxygen atoms in total. The van der Waals surface area contributed by atoms with E-state index in [2.05, 4.69) is 5.32 Å². The lowest BCUT2D eigenvalue weighted by molar-refractivity contribution is -0.120. The second-order valence-electron chi connectivity index (χ2n) is 6.46. The number of amides is 2. The van der Waals surface area contributed by atoms with E-state index in [1.54, 1.807) is 35.7 Å². The zero-order valence-electron chi connectivity index (χ0n) is 16.4. The van der Waals surface area contributed by atoms with Crippen molar-refractivity contribution in [1.29, 1.82) is 0 Å². The van der Waals surface area contributed by atoms with Crippen LogP contribution in [0.25, 0.3) is 5.57 Å². The number of nitrogens with zero attached hydrogens (tertiary/aromatic N) is 1. The molecule has 0 bridgehead atoms. The van der Waals surface area contributed by atoms with Crippen molar-refractivity contribution < 1.29 is 27.8 Å².